The van der Waals surface area contributed by atoms with Crippen LogP contribution in [0.4, 0.5) is 34.1 Å². The monoisotopic (exact) mass is 1550 g/mol. The second-order valence-corrected chi connectivity index (χ2v) is 31.4. The first-order valence-electron chi connectivity index (χ1n) is 41.9. The van der Waals surface area contributed by atoms with E-state index < -0.39 is 0 Å². The molecule has 4 nitrogen and oxygen atoms in total. The van der Waals surface area contributed by atoms with Gasteiger partial charge in [0.25, 0.3) is 0 Å². The Bertz CT molecular complexity index is 7590. The number of anilines is 6. The van der Waals surface area contributed by atoms with Crippen LogP contribution in [0.5, 0.6) is 0 Å². The van der Waals surface area contributed by atoms with Gasteiger partial charge in [-0.25, -0.2) is 0 Å². The third-order valence-electron chi connectivity index (χ3n) is 24.4. The van der Waals surface area contributed by atoms with Crippen LogP contribution in [0.1, 0.15) is 0 Å². The molecule has 0 aliphatic rings. The molecule has 0 bridgehead atoms. The summed E-state index contributed by atoms with van der Waals surface area (Å²) in [6.45, 7) is 0. The Hall–Kier alpha value is -16.1. The van der Waals surface area contributed by atoms with E-state index in [1.807, 2.05) is 0 Å². The summed E-state index contributed by atoms with van der Waals surface area (Å²) >= 11 is 0. The largest absolute Gasteiger partial charge is 0.310 e. The van der Waals surface area contributed by atoms with Crippen molar-refractivity contribution in [1.29, 1.82) is 0 Å². The fourth-order valence-electron chi connectivity index (χ4n) is 18.8. The van der Waals surface area contributed by atoms with Crippen LogP contribution in [0.15, 0.2) is 485 Å². The summed E-state index contributed by atoms with van der Waals surface area (Å²) in [7, 11) is 0. The van der Waals surface area contributed by atoms with Crippen molar-refractivity contribution in [2.45, 2.75) is 0 Å². The number of nitrogens with zero attached hydrogens (tertiary/aromatic N) is 4. The minimum atomic E-state index is 1.12. The molecule has 0 saturated carbocycles. The van der Waals surface area contributed by atoms with Gasteiger partial charge in [0.1, 0.15) is 0 Å². The number of fused-ring (bicyclic) bond motifs is 10. The molecule has 23 rings (SSSR count). The van der Waals surface area contributed by atoms with Gasteiger partial charge in [0, 0.05) is 67.0 Å². The molecule has 0 atom stereocenters. The Labute approximate surface area is 709 Å². The predicted octanol–water partition coefficient (Wildman–Crippen LogP) is 32.8. The highest BCUT2D eigenvalue weighted by Gasteiger charge is 2.24. The zero-order valence-electron chi connectivity index (χ0n) is 67.0. The number of hydrogen-bond acceptors (Lipinski definition) is 2. The molecule has 0 unspecified atom stereocenters. The smallest absolute Gasteiger partial charge is 0.0542 e. The van der Waals surface area contributed by atoms with Crippen molar-refractivity contribution in [3.8, 4) is 89.3 Å². The van der Waals surface area contributed by atoms with Crippen molar-refractivity contribution >= 4 is 121 Å². The summed E-state index contributed by atoms with van der Waals surface area (Å²) in [4.78, 5) is 4.67. The van der Waals surface area contributed by atoms with Gasteiger partial charge in [-0.1, -0.05) is 364 Å². The normalized spacial score (nSPS) is 11.4. The molecular formula is C118H80N4. The lowest BCUT2D eigenvalue weighted by Gasteiger charge is -2.25. The molecule has 0 aliphatic carbocycles. The van der Waals surface area contributed by atoms with Crippen molar-refractivity contribution < 1.29 is 0 Å². The molecule has 4 heteroatoms. The molecule has 2 heterocycles. The Morgan fingerprint density at radius 1 is 0.123 bits per heavy atom. The molecule has 572 valence electrons. The minimum absolute atomic E-state index is 1.12. The summed E-state index contributed by atoms with van der Waals surface area (Å²) in [5.41, 5.74) is 30.9. The number of hydrogen-bond donors (Lipinski definition) is 0. The molecule has 0 aliphatic heterocycles. The first kappa shape index (κ1) is 72.3. The second kappa shape index (κ2) is 31.4. The average molecular weight is 1550 g/mol. The Kier molecular flexibility index (Phi) is 18.6. The highest BCUT2D eigenvalue weighted by Crippen LogP contribution is 2.49. The van der Waals surface area contributed by atoms with Crippen LogP contribution in [0, 0.1) is 0 Å². The summed E-state index contributed by atoms with van der Waals surface area (Å²) in [6, 6.07) is 176. The Balaban J connectivity index is 0.000000146. The summed E-state index contributed by atoms with van der Waals surface area (Å²) in [6.07, 6.45) is 0. The van der Waals surface area contributed by atoms with E-state index in [2.05, 4.69) is 504 Å². The number of benzene rings is 21. The number of rotatable bonds is 15. The van der Waals surface area contributed by atoms with Crippen LogP contribution < -0.4 is 9.80 Å². The van der Waals surface area contributed by atoms with Gasteiger partial charge in [0.2, 0.25) is 0 Å². The van der Waals surface area contributed by atoms with Crippen LogP contribution >= 0.6 is 0 Å². The standard InChI is InChI=1S/C62H42N2.C56H38N2/c1-4-16-43(17-5-1)44-28-30-45(31-29-44)46-32-34-47(35-33-46)61-54-23-10-12-25-56(54)62(57-26-13-11-24-55(57)61)48-36-38-51(39-37-48)64-59-27-15-14-22-53(59)58-42-52(40-41-60(58)64)63(49-18-6-2-7-19-49)50-20-8-3-9-21-50;1-4-16-39(17-5-1)40-28-30-41(31-29-40)55-48-23-10-12-25-50(48)56(51-26-13-11-24-49(51)55)42-32-34-45(35-33-42)58-53-27-15-14-22-47(53)52-38-46(36-37-54(52)58)57(43-18-6-2-7-19-43)44-20-8-3-9-21-44/h1-42H;1-38H. The lowest BCUT2D eigenvalue weighted by atomic mass is 9.85. The summed E-state index contributed by atoms with van der Waals surface area (Å²) in [5, 5.41) is 14.9. The molecule has 2 aromatic heterocycles. The van der Waals surface area contributed by atoms with E-state index >= 15 is 0 Å². The fourth-order valence-corrected chi connectivity index (χ4v) is 18.8. The molecular weight excluding hydrogens is 1470 g/mol. The number of para-hydroxylation sites is 6. The van der Waals surface area contributed by atoms with E-state index in [1.165, 1.54) is 165 Å². The topological polar surface area (TPSA) is 16.3 Å². The van der Waals surface area contributed by atoms with Crippen molar-refractivity contribution in [3.05, 3.63) is 485 Å². The van der Waals surface area contributed by atoms with E-state index in [4.69, 9.17) is 0 Å². The van der Waals surface area contributed by atoms with Crippen molar-refractivity contribution in [2.24, 2.45) is 0 Å². The predicted molar refractivity (Wildman–Crippen MR) is 519 cm³/mol. The van der Waals surface area contributed by atoms with E-state index in [1.54, 1.807) is 0 Å². The Morgan fingerprint density at radius 2 is 0.311 bits per heavy atom. The zero-order valence-corrected chi connectivity index (χ0v) is 67.0. The van der Waals surface area contributed by atoms with E-state index in [0.717, 1.165) is 45.5 Å². The highest BCUT2D eigenvalue weighted by molar-refractivity contribution is 6.23. The van der Waals surface area contributed by atoms with Gasteiger partial charge in [-0.05, 0) is 242 Å². The van der Waals surface area contributed by atoms with Crippen molar-refractivity contribution in [2.75, 3.05) is 9.80 Å². The van der Waals surface area contributed by atoms with Crippen LogP contribution in [0.2, 0.25) is 0 Å². The maximum atomic E-state index is 2.41. The van der Waals surface area contributed by atoms with Gasteiger partial charge in [0.05, 0.1) is 22.1 Å². The van der Waals surface area contributed by atoms with Crippen LogP contribution in [-0.4, -0.2) is 9.13 Å². The third kappa shape index (κ3) is 13.1. The molecule has 21 aromatic carbocycles. The lowest BCUT2D eigenvalue weighted by Crippen LogP contribution is -2.09. The van der Waals surface area contributed by atoms with Gasteiger partial charge in [-0.3, -0.25) is 0 Å². The first-order valence-corrected chi connectivity index (χ1v) is 41.9. The first-order chi connectivity index (χ1) is 60.6. The van der Waals surface area contributed by atoms with Gasteiger partial charge in [-0.15, -0.1) is 0 Å². The number of aromatic nitrogens is 2. The maximum absolute atomic E-state index is 2.41. The van der Waals surface area contributed by atoms with Crippen LogP contribution in [0.25, 0.3) is 176 Å². The van der Waals surface area contributed by atoms with E-state index in [9.17, 15) is 0 Å². The minimum Gasteiger partial charge on any atom is -0.310 e. The maximum Gasteiger partial charge on any atom is 0.0542 e. The van der Waals surface area contributed by atoms with Crippen molar-refractivity contribution in [1.82, 2.24) is 9.13 Å². The molecule has 0 amide bonds. The highest BCUT2D eigenvalue weighted by atomic mass is 15.1. The van der Waals surface area contributed by atoms with E-state index in [0.29, 0.717) is 0 Å². The molecule has 23 aromatic rings. The lowest BCUT2D eigenvalue weighted by molar-refractivity contribution is 1.18. The fraction of sp³-hybridized carbons (Fsp3) is 0. The van der Waals surface area contributed by atoms with E-state index in [-0.39, 0.29) is 0 Å². The molecule has 0 radical (unpaired) electrons. The molecule has 0 N–H and O–H groups in total. The van der Waals surface area contributed by atoms with Crippen LogP contribution in [-0.2, 0) is 0 Å². The van der Waals surface area contributed by atoms with Crippen molar-refractivity contribution in [3.63, 3.8) is 0 Å². The molecule has 0 fully saturated rings. The SMILES string of the molecule is c1ccc(-c2ccc(-c3c4ccccc4c(-c4ccc(-n5c6ccccc6c6cc(N(c7ccccc7)c7ccccc7)ccc65)cc4)c4ccccc34)cc2)cc1.c1ccc(-c2ccc(-c3ccc(-c4c5ccccc5c(-c5ccc(-n6c7ccccc7c7cc(N(c8ccccc8)c8ccccc8)ccc76)cc5)c5ccccc45)cc3)cc2)cc1. The van der Waals surface area contributed by atoms with Gasteiger partial charge in [-0.2, -0.15) is 0 Å². The molecule has 0 saturated heterocycles. The second-order valence-electron chi connectivity index (χ2n) is 31.4. The molecule has 0 spiro atoms. The summed E-state index contributed by atoms with van der Waals surface area (Å²) in [5.74, 6) is 0. The quantitative estimate of drug-likeness (QED) is 0.0951. The van der Waals surface area contributed by atoms with Gasteiger partial charge in [0.15, 0.2) is 0 Å². The average Bonchev–Trinajstić information content (AvgIpc) is 1.42. The zero-order chi connectivity index (χ0) is 80.8. The molecule has 122 heavy (non-hydrogen) atoms. The Morgan fingerprint density at radius 3 is 0.566 bits per heavy atom. The van der Waals surface area contributed by atoms with Gasteiger partial charge < -0.3 is 18.9 Å². The third-order valence-corrected chi connectivity index (χ3v) is 24.4. The van der Waals surface area contributed by atoms with Gasteiger partial charge >= 0.3 is 0 Å². The summed E-state index contributed by atoms with van der Waals surface area (Å²) < 4.78 is 4.82. The van der Waals surface area contributed by atoms with Crippen LogP contribution in [0.3, 0.4) is 0 Å².